The van der Waals surface area contributed by atoms with Gasteiger partial charge in [-0.1, -0.05) is 20.8 Å². The van der Waals surface area contributed by atoms with Crippen molar-refractivity contribution in [1.29, 1.82) is 0 Å². The number of nitrogens with zero attached hydrogens (tertiary/aromatic N) is 4. The Morgan fingerprint density at radius 3 is 2.54 bits per heavy atom. The standard InChI is InChI=1S/C18H29N5O.2ClH/c1-7-13(3)23-16-15(9-20-23)14(8-12(2)21-16)17(24)22(6)11-18(4,5)10-19;;/h8-9,13H,7,10-11,19H2,1-6H3;2*1H. The van der Waals surface area contributed by atoms with Crippen LogP contribution in [-0.4, -0.2) is 45.7 Å². The van der Waals surface area contributed by atoms with Crippen LogP contribution in [0, 0.1) is 12.3 Å². The van der Waals surface area contributed by atoms with E-state index in [1.54, 1.807) is 11.1 Å². The molecule has 0 aliphatic rings. The van der Waals surface area contributed by atoms with Gasteiger partial charge in [0.25, 0.3) is 5.91 Å². The number of hydrogen-bond acceptors (Lipinski definition) is 4. The molecule has 1 atom stereocenters. The lowest BCUT2D eigenvalue weighted by molar-refractivity contribution is 0.0742. The number of amides is 1. The van der Waals surface area contributed by atoms with Crippen LogP contribution in [-0.2, 0) is 0 Å². The Bertz CT molecular complexity index is 745. The van der Waals surface area contributed by atoms with Crippen molar-refractivity contribution in [2.75, 3.05) is 20.1 Å². The quantitative estimate of drug-likeness (QED) is 0.798. The SMILES string of the molecule is CCC(C)n1ncc2c(C(=O)N(C)CC(C)(C)CN)cc(C)nc21.Cl.Cl. The van der Waals surface area contributed by atoms with Gasteiger partial charge in [0.15, 0.2) is 5.65 Å². The Morgan fingerprint density at radius 2 is 2.00 bits per heavy atom. The van der Waals surface area contributed by atoms with Crippen LogP contribution < -0.4 is 5.73 Å². The van der Waals surface area contributed by atoms with E-state index in [-0.39, 0.29) is 42.2 Å². The summed E-state index contributed by atoms with van der Waals surface area (Å²) in [5.74, 6) is -0.0178. The monoisotopic (exact) mass is 403 g/mol. The van der Waals surface area contributed by atoms with E-state index in [2.05, 4.69) is 37.8 Å². The van der Waals surface area contributed by atoms with Gasteiger partial charge in [-0.25, -0.2) is 9.67 Å². The molecule has 0 radical (unpaired) electrons. The number of rotatable bonds is 6. The lowest BCUT2D eigenvalue weighted by Crippen LogP contribution is -2.39. The molecule has 1 amide bonds. The molecule has 1 unspecified atom stereocenters. The zero-order valence-electron chi connectivity index (χ0n) is 16.4. The minimum Gasteiger partial charge on any atom is -0.341 e. The zero-order valence-corrected chi connectivity index (χ0v) is 18.1. The summed E-state index contributed by atoms with van der Waals surface area (Å²) >= 11 is 0. The molecule has 2 heterocycles. The maximum atomic E-state index is 13.0. The first-order chi connectivity index (χ1) is 11.2. The van der Waals surface area contributed by atoms with Crippen molar-refractivity contribution in [3.63, 3.8) is 0 Å². The first kappa shape index (κ1) is 24.6. The van der Waals surface area contributed by atoms with E-state index in [1.165, 1.54) is 0 Å². The Kier molecular flexibility index (Phi) is 9.03. The van der Waals surface area contributed by atoms with E-state index < -0.39 is 0 Å². The molecule has 0 saturated carbocycles. The molecule has 0 aliphatic heterocycles. The fourth-order valence-electron chi connectivity index (χ4n) is 2.80. The van der Waals surface area contributed by atoms with E-state index in [9.17, 15) is 4.79 Å². The third kappa shape index (κ3) is 5.09. The molecule has 148 valence electrons. The highest BCUT2D eigenvalue weighted by Gasteiger charge is 2.24. The molecule has 0 fully saturated rings. The molecule has 2 aromatic heterocycles. The first-order valence-electron chi connectivity index (χ1n) is 8.50. The molecular weight excluding hydrogens is 373 g/mol. The Balaban J connectivity index is 0.00000312. The van der Waals surface area contributed by atoms with Crippen LogP contribution in [0.2, 0.25) is 0 Å². The second-order valence-electron chi connectivity index (χ2n) is 7.42. The summed E-state index contributed by atoms with van der Waals surface area (Å²) in [6, 6.07) is 2.09. The molecule has 0 spiro atoms. The number of halogens is 2. The maximum absolute atomic E-state index is 13.0. The van der Waals surface area contributed by atoms with Crippen LogP contribution in [0.15, 0.2) is 12.3 Å². The van der Waals surface area contributed by atoms with Crippen LogP contribution >= 0.6 is 24.8 Å². The lowest BCUT2D eigenvalue weighted by Gasteiger charge is -2.29. The molecule has 8 heteroatoms. The molecule has 0 bridgehead atoms. The number of hydrogen-bond donors (Lipinski definition) is 1. The fourth-order valence-corrected chi connectivity index (χ4v) is 2.80. The predicted molar refractivity (Wildman–Crippen MR) is 112 cm³/mol. The van der Waals surface area contributed by atoms with E-state index in [4.69, 9.17) is 5.73 Å². The number of pyridine rings is 1. The van der Waals surface area contributed by atoms with Crippen LogP contribution in [0.5, 0.6) is 0 Å². The highest BCUT2D eigenvalue weighted by Crippen LogP contribution is 2.24. The summed E-state index contributed by atoms with van der Waals surface area (Å²) in [6.45, 7) is 11.4. The van der Waals surface area contributed by atoms with E-state index in [0.717, 1.165) is 23.1 Å². The summed E-state index contributed by atoms with van der Waals surface area (Å²) in [5.41, 5.74) is 7.93. The topological polar surface area (TPSA) is 77.0 Å². The van der Waals surface area contributed by atoms with Crippen LogP contribution in [0.3, 0.4) is 0 Å². The highest BCUT2D eigenvalue weighted by atomic mass is 35.5. The lowest BCUT2D eigenvalue weighted by atomic mass is 9.93. The van der Waals surface area contributed by atoms with Crippen LogP contribution in [0.4, 0.5) is 0 Å². The van der Waals surface area contributed by atoms with Crippen molar-refractivity contribution in [2.45, 2.75) is 47.1 Å². The van der Waals surface area contributed by atoms with Gasteiger partial charge in [0.1, 0.15) is 0 Å². The number of aromatic nitrogens is 3. The zero-order chi connectivity index (χ0) is 18.1. The second kappa shape index (κ2) is 9.53. The van der Waals surface area contributed by atoms with Gasteiger partial charge in [0.2, 0.25) is 0 Å². The van der Waals surface area contributed by atoms with Gasteiger partial charge in [-0.05, 0) is 38.3 Å². The number of fused-ring (bicyclic) bond motifs is 1. The van der Waals surface area contributed by atoms with E-state index in [1.807, 2.05) is 24.7 Å². The molecule has 6 nitrogen and oxygen atoms in total. The molecule has 2 rings (SSSR count). The fraction of sp³-hybridized carbons (Fsp3) is 0.611. The normalized spacial score (nSPS) is 12.3. The molecule has 0 aromatic carbocycles. The van der Waals surface area contributed by atoms with Gasteiger partial charge in [-0.3, -0.25) is 4.79 Å². The Labute approximate surface area is 168 Å². The predicted octanol–water partition coefficient (Wildman–Crippen LogP) is 3.61. The van der Waals surface area contributed by atoms with Crippen molar-refractivity contribution in [1.82, 2.24) is 19.7 Å². The van der Waals surface area contributed by atoms with Crippen molar-refractivity contribution >= 4 is 41.8 Å². The second-order valence-corrected chi connectivity index (χ2v) is 7.42. The summed E-state index contributed by atoms with van der Waals surface area (Å²) in [5, 5.41) is 5.27. The molecular formula is C18H31Cl2N5O. The van der Waals surface area contributed by atoms with Crippen molar-refractivity contribution < 1.29 is 4.79 Å². The number of nitrogens with two attached hydrogens (primary N) is 1. The smallest absolute Gasteiger partial charge is 0.254 e. The van der Waals surface area contributed by atoms with Gasteiger partial charge >= 0.3 is 0 Å². The van der Waals surface area contributed by atoms with Crippen LogP contribution in [0.25, 0.3) is 11.0 Å². The van der Waals surface area contributed by atoms with Gasteiger partial charge in [0, 0.05) is 19.3 Å². The summed E-state index contributed by atoms with van der Waals surface area (Å²) < 4.78 is 1.91. The van der Waals surface area contributed by atoms with Crippen molar-refractivity contribution in [2.24, 2.45) is 11.1 Å². The van der Waals surface area contributed by atoms with Crippen LogP contribution in [0.1, 0.15) is 56.2 Å². The van der Waals surface area contributed by atoms with Crippen molar-refractivity contribution in [3.05, 3.63) is 23.5 Å². The summed E-state index contributed by atoms with van der Waals surface area (Å²) in [6.07, 6.45) is 2.71. The first-order valence-corrected chi connectivity index (χ1v) is 8.50. The van der Waals surface area contributed by atoms with Gasteiger partial charge in [0.05, 0.1) is 23.2 Å². The molecule has 0 aliphatic carbocycles. The third-order valence-electron chi connectivity index (χ3n) is 4.50. The number of carbonyl (C=O) groups excluding carboxylic acids is 1. The largest absolute Gasteiger partial charge is 0.341 e. The Hall–Kier alpha value is -1.37. The molecule has 26 heavy (non-hydrogen) atoms. The van der Waals surface area contributed by atoms with Crippen molar-refractivity contribution in [3.8, 4) is 0 Å². The molecule has 0 saturated heterocycles. The highest BCUT2D eigenvalue weighted by molar-refractivity contribution is 6.05. The third-order valence-corrected chi connectivity index (χ3v) is 4.50. The van der Waals surface area contributed by atoms with Gasteiger partial charge in [-0.2, -0.15) is 5.10 Å². The van der Waals surface area contributed by atoms with Gasteiger partial charge < -0.3 is 10.6 Å². The minimum absolute atomic E-state index is 0. The van der Waals surface area contributed by atoms with Gasteiger partial charge in [-0.15, -0.1) is 24.8 Å². The number of aryl methyl sites for hydroxylation is 1. The molecule has 2 aromatic rings. The summed E-state index contributed by atoms with van der Waals surface area (Å²) in [4.78, 5) is 19.3. The average Bonchev–Trinajstić information content (AvgIpc) is 2.95. The van der Waals surface area contributed by atoms with E-state index >= 15 is 0 Å². The average molecular weight is 404 g/mol. The minimum atomic E-state index is -0.119. The summed E-state index contributed by atoms with van der Waals surface area (Å²) in [7, 11) is 1.82. The molecule has 2 N–H and O–H groups in total. The maximum Gasteiger partial charge on any atom is 0.254 e. The van der Waals surface area contributed by atoms with E-state index in [0.29, 0.717) is 18.7 Å². The Morgan fingerprint density at radius 1 is 1.38 bits per heavy atom. The number of carbonyl (C=O) groups is 1.